The second-order valence-corrected chi connectivity index (χ2v) is 5.60. The number of benzene rings is 1. The Balaban J connectivity index is 2.20. The average Bonchev–Trinajstić information content (AvgIpc) is 2.97. The molecule has 0 saturated heterocycles. The summed E-state index contributed by atoms with van der Waals surface area (Å²) in [5.41, 5.74) is 6.17. The van der Waals surface area contributed by atoms with Crippen LogP contribution in [0.25, 0.3) is 0 Å². The van der Waals surface area contributed by atoms with Crippen LogP contribution < -0.4 is 15.2 Å². The van der Waals surface area contributed by atoms with Gasteiger partial charge in [0.25, 0.3) is 0 Å². The minimum atomic E-state index is -3.68. The van der Waals surface area contributed by atoms with Gasteiger partial charge in [-0.1, -0.05) is 5.21 Å². The van der Waals surface area contributed by atoms with Gasteiger partial charge in [0.2, 0.25) is 10.0 Å². The van der Waals surface area contributed by atoms with Crippen molar-refractivity contribution in [3.63, 3.8) is 0 Å². The van der Waals surface area contributed by atoms with Crippen molar-refractivity contribution in [3.8, 4) is 5.75 Å². The van der Waals surface area contributed by atoms with Crippen molar-refractivity contribution in [1.29, 1.82) is 0 Å². The number of rotatable bonds is 6. The number of sulfonamides is 1. The third-order valence-electron chi connectivity index (χ3n) is 2.59. The van der Waals surface area contributed by atoms with Crippen LogP contribution in [0.4, 0.5) is 0 Å². The first-order valence-corrected chi connectivity index (χ1v) is 7.14. The van der Waals surface area contributed by atoms with Crippen LogP contribution in [-0.4, -0.2) is 36.2 Å². The van der Waals surface area contributed by atoms with Gasteiger partial charge in [-0.3, -0.25) is 0 Å². The van der Waals surface area contributed by atoms with Gasteiger partial charge in [-0.15, -0.1) is 10.2 Å². The molecule has 0 atom stereocenters. The largest absolute Gasteiger partial charge is 0.496 e. The Morgan fingerprint density at radius 1 is 1.45 bits per heavy atom. The molecule has 2 aromatic rings. The zero-order valence-corrected chi connectivity index (χ0v) is 11.5. The summed E-state index contributed by atoms with van der Waals surface area (Å²) in [6.45, 7) is 0.125. The molecule has 0 aliphatic heterocycles. The van der Waals surface area contributed by atoms with E-state index in [-0.39, 0.29) is 23.8 Å². The molecule has 4 N–H and O–H groups in total. The van der Waals surface area contributed by atoms with Crippen molar-refractivity contribution in [2.24, 2.45) is 5.73 Å². The molecule has 0 spiro atoms. The number of methoxy groups -OCH3 is 1. The molecule has 10 heteroatoms. The molecule has 1 aromatic heterocycles. The highest BCUT2D eigenvalue weighted by Crippen LogP contribution is 2.21. The zero-order chi connectivity index (χ0) is 14.6. The number of H-pyrrole nitrogens is 1. The van der Waals surface area contributed by atoms with Crippen molar-refractivity contribution >= 4 is 10.0 Å². The predicted molar refractivity (Wildman–Crippen MR) is 69.1 cm³/mol. The summed E-state index contributed by atoms with van der Waals surface area (Å²) in [7, 11) is -2.18. The van der Waals surface area contributed by atoms with Crippen LogP contribution in [0.1, 0.15) is 11.4 Å². The van der Waals surface area contributed by atoms with Crippen LogP contribution in [0.2, 0.25) is 0 Å². The molecular weight excluding hydrogens is 284 g/mol. The number of tetrazole rings is 1. The number of aromatic nitrogens is 4. The van der Waals surface area contributed by atoms with E-state index in [4.69, 9.17) is 10.5 Å². The SMILES string of the molecule is COc1ccc(S(=O)(=O)NCc2nn[nH]n2)cc1CN. The lowest BCUT2D eigenvalue weighted by Gasteiger charge is -2.10. The third kappa shape index (κ3) is 3.10. The second kappa shape index (κ2) is 5.94. The first kappa shape index (κ1) is 14.4. The first-order valence-electron chi connectivity index (χ1n) is 5.66. The number of nitrogens with zero attached hydrogens (tertiary/aromatic N) is 3. The molecule has 1 aromatic carbocycles. The monoisotopic (exact) mass is 298 g/mol. The minimum absolute atomic E-state index is 0.0528. The van der Waals surface area contributed by atoms with E-state index in [1.54, 1.807) is 6.07 Å². The van der Waals surface area contributed by atoms with E-state index in [0.717, 1.165) is 0 Å². The second-order valence-electron chi connectivity index (χ2n) is 3.83. The van der Waals surface area contributed by atoms with Crippen molar-refractivity contribution < 1.29 is 13.2 Å². The minimum Gasteiger partial charge on any atom is -0.496 e. The van der Waals surface area contributed by atoms with E-state index in [0.29, 0.717) is 11.3 Å². The van der Waals surface area contributed by atoms with Crippen molar-refractivity contribution in [2.75, 3.05) is 7.11 Å². The Morgan fingerprint density at radius 2 is 2.25 bits per heavy atom. The Hall–Kier alpha value is -2.04. The average molecular weight is 298 g/mol. The molecule has 0 saturated carbocycles. The highest BCUT2D eigenvalue weighted by Gasteiger charge is 2.16. The van der Waals surface area contributed by atoms with Gasteiger partial charge < -0.3 is 10.5 Å². The van der Waals surface area contributed by atoms with E-state index < -0.39 is 10.0 Å². The van der Waals surface area contributed by atoms with Crippen molar-refractivity contribution in [1.82, 2.24) is 25.3 Å². The maximum absolute atomic E-state index is 12.1. The fourth-order valence-corrected chi connectivity index (χ4v) is 2.61. The molecule has 1 heterocycles. The summed E-state index contributed by atoms with van der Waals surface area (Å²) < 4.78 is 31.7. The van der Waals surface area contributed by atoms with Gasteiger partial charge in [-0.2, -0.15) is 5.21 Å². The van der Waals surface area contributed by atoms with E-state index in [9.17, 15) is 8.42 Å². The molecule has 9 nitrogen and oxygen atoms in total. The molecule has 0 amide bonds. The fourth-order valence-electron chi connectivity index (χ4n) is 1.58. The normalized spacial score (nSPS) is 11.5. The van der Waals surface area contributed by atoms with Gasteiger partial charge in [0.15, 0.2) is 5.82 Å². The van der Waals surface area contributed by atoms with Gasteiger partial charge in [0.1, 0.15) is 5.75 Å². The smallest absolute Gasteiger partial charge is 0.240 e. The molecule has 0 bridgehead atoms. The standard InChI is InChI=1S/C10H14N6O3S/c1-19-9-3-2-8(4-7(9)5-11)20(17,18)12-6-10-13-15-16-14-10/h2-4,12H,5-6,11H2,1H3,(H,13,14,15,16). The van der Waals surface area contributed by atoms with Crippen LogP contribution >= 0.6 is 0 Å². The van der Waals surface area contributed by atoms with E-state index >= 15 is 0 Å². The Morgan fingerprint density at radius 3 is 2.85 bits per heavy atom. The summed E-state index contributed by atoms with van der Waals surface area (Å²) in [6.07, 6.45) is 0. The van der Waals surface area contributed by atoms with Gasteiger partial charge >= 0.3 is 0 Å². The molecule has 108 valence electrons. The summed E-state index contributed by atoms with van der Waals surface area (Å²) in [5.74, 6) is 0.797. The quantitative estimate of drug-likeness (QED) is 0.631. The Kier molecular flexibility index (Phi) is 4.27. The lowest BCUT2D eigenvalue weighted by Crippen LogP contribution is -2.24. The highest BCUT2D eigenvalue weighted by molar-refractivity contribution is 7.89. The van der Waals surface area contributed by atoms with Crippen molar-refractivity contribution in [2.45, 2.75) is 18.0 Å². The topological polar surface area (TPSA) is 136 Å². The predicted octanol–water partition coefficient (Wildman–Crippen LogP) is -0.854. The van der Waals surface area contributed by atoms with E-state index in [1.165, 1.54) is 19.2 Å². The van der Waals surface area contributed by atoms with Gasteiger partial charge in [0.05, 0.1) is 18.6 Å². The van der Waals surface area contributed by atoms with Crippen LogP contribution in [0.3, 0.4) is 0 Å². The molecule has 20 heavy (non-hydrogen) atoms. The Bertz CT molecular complexity index is 670. The zero-order valence-electron chi connectivity index (χ0n) is 10.7. The molecule has 0 fully saturated rings. The molecule has 2 rings (SSSR count). The van der Waals surface area contributed by atoms with Gasteiger partial charge in [-0.05, 0) is 18.2 Å². The number of nitrogens with one attached hydrogen (secondary N) is 2. The summed E-state index contributed by atoms with van der Waals surface area (Å²) >= 11 is 0. The molecule has 0 radical (unpaired) electrons. The van der Waals surface area contributed by atoms with Gasteiger partial charge in [-0.25, -0.2) is 13.1 Å². The number of ether oxygens (including phenoxy) is 1. The van der Waals surface area contributed by atoms with E-state index in [2.05, 4.69) is 25.3 Å². The van der Waals surface area contributed by atoms with Crippen LogP contribution in [0.15, 0.2) is 23.1 Å². The summed E-state index contributed by atoms with van der Waals surface area (Å²) in [5, 5.41) is 12.9. The van der Waals surface area contributed by atoms with Crippen molar-refractivity contribution in [3.05, 3.63) is 29.6 Å². The van der Waals surface area contributed by atoms with Crippen LogP contribution in [0, 0.1) is 0 Å². The number of aromatic amines is 1. The maximum Gasteiger partial charge on any atom is 0.240 e. The highest BCUT2D eigenvalue weighted by atomic mass is 32.2. The van der Waals surface area contributed by atoms with Gasteiger partial charge in [0, 0.05) is 12.1 Å². The molecule has 0 aliphatic rings. The molecule has 0 unspecified atom stereocenters. The van der Waals surface area contributed by atoms with E-state index in [1.807, 2.05) is 0 Å². The third-order valence-corrected chi connectivity index (χ3v) is 3.99. The Labute approximate surface area is 115 Å². The number of hydrogen-bond donors (Lipinski definition) is 3. The lowest BCUT2D eigenvalue weighted by molar-refractivity contribution is 0.409. The molecular formula is C10H14N6O3S. The van der Waals surface area contributed by atoms with Crippen LogP contribution in [0.5, 0.6) is 5.75 Å². The number of nitrogens with two attached hydrogens (primary N) is 1. The summed E-state index contributed by atoms with van der Waals surface area (Å²) in [6, 6.07) is 4.47. The summed E-state index contributed by atoms with van der Waals surface area (Å²) in [4.78, 5) is 0.0993. The van der Waals surface area contributed by atoms with Crippen LogP contribution in [-0.2, 0) is 23.1 Å². The maximum atomic E-state index is 12.1. The fraction of sp³-hybridized carbons (Fsp3) is 0.300. The lowest BCUT2D eigenvalue weighted by atomic mass is 10.2. The first-order chi connectivity index (χ1) is 9.56. The molecule has 0 aliphatic carbocycles. The number of hydrogen-bond acceptors (Lipinski definition) is 7.